The van der Waals surface area contributed by atoms with Crippen LogP contribution < -0.4 is 19.1 Å². The lowest BCUT2D eigenvalue weighted by atomic mass is 10.1. The van der Waals surface area contributed by atoms with E-state index in [0.29, 0.717) is 41.6 Å². The molecule has 10 heteroatoms. The Kier molecular flexibility index (Phi) is 7.53. The summed E-state index contributed by atoms with van der Waals surface area (Å²) in [6, 6.07) is 11.7. The molecule has 0 saturated carbocycles. The molecule has 3 aromatic rings. The van der Waals surface area contributed by atoms with Crippen molar-refractivity contribution in [1.29, 1.82) is 0 Å². The Morgan fingerprint density at radius 2 is 1.81 bits per heavy atom. The van der Waals surface area contributed by atoms with Gasteiger partial charge in [0.05, 0.1) is 12.8 Å². The molecule has 10 nitrogen and oxygen atoms in total. The molecule has 0 radical (unpaired) electrons. The number of rotatable bonds is 10. The van der Waals surface area contributed by atoms with E-state index in [1.807, 2.05) is 13.8 Å². The number of hydrogen-bond acceptors (Lipinski definition) is 8. The Bertz CT molecular complexity index is 1250. The number of nitrogens with zero attached hydrogens (tertiary/aromatic N) is 3. The smallest absolute Gasteiger partial charge is 0.275 e. The number of carbonyl (C=O) groups is 3. The zero-order valence-corrected chi connectivity index (χ0v) is 20.4. The number of benzene rings is 2. The molecule has 2 aromatic carbocycles. The molecule has 0 spiro atoms. The maximum atomic E-state index is 12.8. The first-order valence-corrected chi connectivity index (χ1v) is 11.5. The summed E-state index contributed by atoms with van der Waals surface area (Å²) in [6.45, 7) is 4.50. The Morgan fingerprint density at radius 3 is 2.50 bits per heavy atom. The Morgan fingerprint density at radius 1 is 1.08 bits per heavy atom. The molecular weight excluding hydrogens is 466 g/mol. The van der Waals surface area contributed by atoms with Gasteiger partial charge in [0.2, 0.25) is 5.89 Å². The molecule has 188 valence electrons. The molecule has 0 aliphatic carbocycles. The van der Waals surface area contributed by atoms with E-state index in [1.165, 1.54) is 11.2 Å². The second-order valence-corrected chi connectivity index (χ2v) is 7.94. The van der Waals surface area contributed by atoms with E-state index in [-0.39, 0.29) is 48.9 Å². The van der Waals surface area contributed by atoms with Gasteiger partial charge in [-0.25, -0.2) is 4.98 Å². The Labute approximate surface area is 208 Å². The maximum absolute atomic E-state index is 12.8. The SMILES string of the molecule is CCN(CC)C(=O)c1coc(CN2C(=O)COc3ccc(C(=O)COc4ccc(OC)cc4)cc32)n1. The molecule has 0 fully saturated rings. The van der Waals surface area contributed by atoms with Gasteiger partial charge in [0.15, 0.2) is 24.7 Å². The van der Waals surface area contributed by atoms with Crippen LogP contribution in [0.25, 0.3) is 0 Å². The number of Topliss-reactive ketones (excluding diaryl/α,β-unsaturated/α-hetero) is 1. The van der Waals surface area contributed by atoms with Crippen LogP contribution >= 0.6 is 0 Å². The number of carbonyl (C=O) groups excluding carboxylic acids is 3. The molecule has 4 rings (SSSR count). The maximum Gasteiger partial charge on any atom is 0.275 e. The van der Waals surface area contributed by atoms with Crippen LogP contribution in [0.15, 0.2) is 53.1 Å². The third-order valence-corrected chi connectivity index (χ3v) is 5.77. The number of ketones is 1. The van der Waals surface area contributed by atoms with Crippen LogP contribution in [0, 0.1) is 0 Å². The number of fused-ring (bicyclic) bond motifs is 1. The average Bonchev–Trinajstić information content (AvgIpc) is 3.38. The van der Waals surface area contributed by atoms with E-state index >= 15 is 0 Å². The minimum Gasteiger partial charge on any atom is -0.497 e. The number of hydrogen-bond donors (Lipinski definition) is 0. The lowest BCUT2D eigenvalue weighted by Gasteiger charge is -2.28. The molecule has 36 heavy (non-hydrogen) atoms. The van der Waals surface area contributed by atoms with Gasteiger partial charge in [-0.1, -0.05) is 0 Å². The standard InChI is InChI=1S/C26H27N3O7/c1-4-28(5-2)26(32)20-14-36-24(27-20)13-29-21-12-17(6-11-23(21)35-16-25(29)31)22(30)15-34-19-9-7-18(33-3)8-10-19/h6-12,14H,4-5,13,15-16H2,1-3H3. The monoisotopic (exact) mass is 493 g/mol. The lowest BCUT2D eigenvalue weighted by molar-refractivity contribution is -0.121. The van der Waals surface area contributed by atoms with Crippen molar-refractivity contribution in [1.82, 2.24) is 9.88 Å². The molecule has 0 saturated heterocycles. The van der Waals surface area contributed by atoms with E-state index in [2.05, 4.69) is 4.98 Å². The minimum absolute atomic E-state index is 0.0132. The molecule has 0 N–H and O–H groups in total. The van der Waals surface area contributed by atoms with Gasteiger partial charge in [-0.15, -0.1) is 0 Å². The fraction of sp³-hybridized carbons (Fsp3) is 0.308. The van der Waals surface area contributed by atoms with Crippen LogP contribution in [0.3, 0.4) is 0 Å². The predicted molar refractivity (Wildman–Crippen MR) is 130 cm³/mol. The highest BCUT2D eigenvalue weighted by Gasteiger charge is 2.29. The van der Waals surface area contributed by atoms with Crippen LogP contribution in [0.5, 0.6) is 17.2 Å². The topological polar surface area (TPSA) is 111 Å². The molecule has 1 aliphatic heterocycles. The fourth-order valence-electron chi connectivity index (χ4n) is 3.74. The van der Waals surface area contributed by atoms with Gasteiger partial charge in [-0.3, -0.25) is 19.3 Å². The van der Waals surface area contributed by atoms with Crippen molar-refractivity contribution in [3.8, 4) is 17.2 Å². The van der Waals surface area contributed by atoms with E-state index < -0.39 is 0 Å². The Hall–Kier alpha value is -4.34. The van der Waals surface area contributed by atoms with Crippen molar-refractivity contribution in [3.63, 3.8) is 0 Å². The number of amides is 2. The second kappa shape index (κ2) is 10.9. The molecule has 0 bridgehead atoms. The highest BCUT2D eigenvalue weighted by Crippen LogP contribution is 2.34. The summed E-state index contributed by atoms with van der Waals surface area (Å²) >= 11 is 0. The zero-order valence-electron chi connectivity index (χ0n) is 20.4. The van der Waals surface area contributed by atoms with Crippen molar-refractivity contribution in [2.75, 3.05) is 38.3 Å². The number of ether oxygens (including phenoxy) is 3. The third kappa shape index (κ3) is 5.32. The van der Waals surface area contributed by atoms with Gasteiger partial charge in [0.1, 0.15) is 30.1 Å². The average molecular weight is 494 g/mol. The van der Waals surface area contributed by atoms with Crippen LogP contribution in [-0.2, 0) is 11.3 Å². The van der Waals surface area contributed by atoms with Crippen molar-refractivity contribution in [3.05, 3.63) is 65.9 Å². The Balaban J connectivity index is 1.49. The van der Waals surface area contributed by atoms with Crippen LogP contribution in [0.1, 0.15) is 40.6 Å². The summed E-state index contributed by atoms with van der Waals surface area (Å²) in [5.41, 5.74) is 0.945. The van der Waals surface area contributed by atoms with Crippen LogP contribution in [0.2, 0.25) is 0 Å². The van der Waals surface area contributed by atoms with Gasteiger partial charge >= 0.3 is 0 Å². The number of aromatic nitrogens is 1. The largest absolute Gasteiger partial charge is 0.497 e. The van der Waals surface area contributed by atoms with Crippen molar-refractivity contribution < 1.29 is 33.0 Å². The molecule has 0 unspecified atom stereocenters. The van der Waals surface area contributed by atoms with E-state index in [0.717, 1.165) is 0 Å². The first kappa shape index (κ1) is 24.8. The second-order valence-electron chi connectivity index (χ2n) is 7.94. The van der Waals surface area contributed by atoms with Crippen molar-refractivity contribution >= 4 is 23.3 Å². The van der Waals surface area contributed by atoms with Gasteiger partial charge in [-0.2, -0.15) is 0 Å². The van der Waals surface area contributed by atoms with Gasteiger partial charge in [-0.05, 0) is 56.3 Å². The van der Waals surface area contributed by atoms with Crippen LogP contribution in [0.4, 0.5) is 5.69 Å². The molecule has 1 aliphatic rings. The fourth-order valence-corrected chi connectivity index (χ4v) is 3.74. The minimum atomic E-state index is -0.323. The van der Waals surface area contributed by atoms with E-state index in [1.54, 1.807) is 54.5 Å². The quantitative estimate of drug-likeness (QED) is 0.396. The molecular formula is C26H27N3O7. The summed E-state index contributed by atoms with van der Waals surface area (Å²) < 4.78 is 21.7. The van der Waals surface area contributed by atoms with Crippen LogP contribution in [-0.4, -0.2) is 60.9 Å². The highest BCUT2D eigenvalue weighted by molar-refractivity contribution is 6.02. The first-order chi connectivity index (χ1) is 17.4. The van der Waals surface area contributed by atoms with Gasteiger partial charge in [0.25, 0.3) is 11.8 Å². The lowest BCUT2D eigenvalue weighted by Crippen LogP contribution is -2.38. The zero-order chi connectivity index (χ0) is 25.7. The van der Waals surface area contributed by atoms with Crippen molar-refractivity contribution in [2.45, 2.75) is 20.4 Å². The van der Waals surface area contributed by atoms with Crippen molar-refractivity contribution in [2.24, 2.45) is 0 Å². The van der Waals surface area contributed by atoms with Gasteiger partial charge in [0, 0.05) is 18.7 Å². The molecule has 1 aromatic heterocycles. The number of oxazole rings is 1. The van der Waals surface area contributed by atoms with Gasteiger partial charge < -0.3 is 23.5 Å². The number of anilines is 1. The van der Waals surface area contributed by atoms with E-state index in [4.69, 9.17) is 18.6 Å². The highest BCUT2D eigenvalue weighted by atomic mass is 16.5. The number of methoxy groups -OCH3 is 1. The summed E-state index contributed by atoms with van der Waals surface area (Å²) in [7, 11) is 1.57. The first-order valence-electron chi connectivity index (χ1n) is 11.5. The molecule has 2 heterocycles. The summed E-state index contributed by atoms with van der Waals surface area (Å²) in [6.07, 6.45) is 1.29. The summed E-state index contributed by atoms with van der Waals surface area (Å²) in [5.74, 6) is 1.03. The summed E-state index contributed by atoms with van der Waals surface area (Å²) in [4.78, 5) is 45.4. The summed E-state index contributed by atoms with van der Waals surface area (Å²) in [5, 5.41) is 0. The predicted octanol–water partition coefficient (Wildman–Crippen LogP) is 3.35. The van der Waals surface area contributed by atoms with E-state index in [9.17, 15) is 14.4 Å². The third-order valence-electron chi connectivity index (χ3n) is 5.77. The molecule has 0 atom stereocenters. The normalized spacial score (nSPS) is 12.5. The molecule has 2 amide bonds.